The standard InChI is InChI=1S/C23H29NO3/c1-24(26)18-27-23(20-13-7-3-8-14-20)17-21(24)15-9-4-10-16-22(25)19-11-5-2-6-12-19/h2-3,5-8,11-14,21,23H,4,9-10,15-18H2,1H3/t21-,23-,24-/m0/s1. The number of rotatable bonds is 8. The summed E-state index contributed by atoms with van der Waals surface area (Å²) in [5.41, 5.74) is 1.94. The number of ether oxygens (including phenoxy) is 1. The zero-order chi connectivity index (χ0) is 19.1. The minimum atomic E-state index is -0.327. The molecule has 2 aromatic rings. The summed E-state index contributed by atoms with van der Waals surface area (Å²) in [6, 6.07) is 19.7. The van der Waals surface area contributed by atoms with Crippen molar-refractivity contribution in [2.45, 2.75) is 50.7 Å². The first-order valence-corrected chi connectivity index (χ1v) is 9.87. The minimum Gasteiger partial charge on any atom is -0.631 e. The van der Waals surface area contributed by atoms with Crippen molar-refractivity contribution in [3.63, 3.8) is 0 Å². The van der Waals surface area contributed by atoms with E-state index in [9.17, 15) is 10.0 Å². The average Bonchev–Trinajstić information content (AvgIpc) is 2.70. The summed E-state index contributed by atoms with van der Waals surface area (Å²) in [5, 5.41) is 12.7. The molecule has 0 spiro atoms. The molecule has 0 N–H and O–H groups in total. The molecule has 1 aliphatic rings. The summed E-state index contributed by atoms with van der Waals surface area (Å²) in [6.07, 6.45) is 5.06. The maximum absolute atomic E-state index is 12.7. The highest BCUT2D eigenvalue weighted by molar-refractivity contribution is 5.95. The van der Waals surface area contributed by atoms with Gasteiger partial charge in [0.1, 0.15) is 0 Å². The Bertz CT molecular complexity index is 715. The van der Waals surface area contributed by atoms with Crippen LogP contribution >= 0.6 is 0 Å². The lowest BCUT2D eigenvalue weighted by Gasteiger charge is -2.50. The lowest BCUT2D eigenvalue weighted by atomic mass is 9.95. The van der Waals surface area contributed by atoms with Crippen molar-refractivity contribution in [3.8, 4) is 0 Å². The summed E-state index contributed by atoms with van der Waals surface area (Å²) in [6.45, 7) is 0.205. The monoisotopic (exact) mass is 367 g/mol. The van der Waals surface area contributed by atoms with E-state index in [-0.39, 0.29) is 29.3 Å². The number of Topliss-reactive ketones (excluding diaryl/α,β-unsaturated/α-hetero) is 1. The molecule has 1 heterocycles. The Morgan fingerprint density at radius 2 is 1.70 bits per heavy atom. The van der Waals surface area contributed by atoms with Crippen LogP contribution in [0.2, 0.25) is 0 Å². The molecule has 0 aromatic heterocycles. The fraction of sp³-hybridized carbons (Fsp3) is 0.435. The Balaban J connectivity index is 1.44. The fourth-order valence-corrected chi connectivity index (χ4v) is 3.78. The number of unbranched alkanes of at least 4 members (excludes halogenated alkanes) is 2. The highest BCUT2D eigenvalue weighted by Crippen LogP contribution is 2.34. The second-order valence-corrected chi connectivity index (χ2v) is 7.65. The number of quaternary nitrogens is 1. The molecule has 3 atom stereocenters. The molecule has 1 aliphatic heterocycles. The van der Waals surface area contributed by atoms with Gasteiger partial charge in [0.2, 0.25) is 0 Å². The van der Waals surface area contributed by atoms with E-state index in [1.165, 1.54) is 0 Å². The van der Waals surface area contributed by atoms with Gasteiger partial charge in [-0.2, -0.15) is 0 Å². The van der Waals surface area contributed by atoms with Crippen LogP contribution in [-0.4, -0.2) is 30.2 Å². The SMILES string of the molecule is C[N@+]1([O-])CO[C@H](c2ccccc2)C[C@@H]1CCCCCC(=O)c1ccccc1. The lowest BCUT2D eigenvalue weighted by molar-refractivity contribution is -0.917. The molecular formula is C23H29NO3. The zero-order valence-electron chi connectivity index (χ0n) is 16.0. The number of hydroxylamine groups is 3. The highest BCUT2D eigenvalue weighted by Gasteiger charge is 2.34. The number of carbonyl (C=O) groups is 1. The maximum Gasteiger partial charge on any atom is 0.183 e. The van der Waals surface area contributed by atoms with Crippen molar-refractivity contribution in [1.29, 1.82) is 0 Å². The third kappa shape index (κ3) is 5.48. The van der Waals surface area contributed by atoms with Crippen LogP contribution in [0.25, 0.3) is 0 Å². The molecular weight excluding hydrogens is 338 g/mol. The molecule has 0 aliphatic carbocycles. The number of nitrogens with zero attached hydrogens (tertiary/aromatic N) is 1. The number of hydrogen-bond donors (Lipinski definition) is 0. The van der Waals surface area contributed by atoms with Crippen LogP contribution in [-0.2, 0) is 4.74 Å². The number of benzene rings is 2. The minimum absolute atomic E-state index is 0.0102. The van der Waals surface area contributed by atoms with Gasteiger partial charge in [0.25, 0.3) is 0 Å². The Hall–Kier alpha value is -2.01. The van der Waals surface area contributed by atoms with Gasteiger partial charge in [-0.05, 0) is 24.8 Å². The summed E-state index contributed by atoms with van der Waals surface area (Å²) < 4.78 is 5.51. The quantitative estimate of drug-likeness (QED) is 0.277. The van der Waals surface area contributed by atoms with Crippen molar-refractivity contribution < 1.29 is 14.2 Å². The van der Waals surface area contributed by atoms with E-state index in [0.29, 0.717) is 6.42 Å². The van der Waals surface area contributed by atoms with E-state index in [1.54, 1.807) is 7.05 Å². The molecule has 3 rings (SSSR count). The van der Waals surface area contributed by atoms with Gasteiger partial charge in [-0.15, -0.1) is 0 Å². The van der Waals surface area contributed by atoms with Crippen LogP contribution in [0.15, 0.2) is 60.7 Å². The van der Waals surface area contributed by atoms with Gasteiger partial charge in [-0.1, -0.05) is 67.1 Å². The Morgan fingerprint density at radius 3 is 2.41 bits per heavy atom. The van der Waals surface area contributed by atoms with Gasteiger partial charge in [0.15, 0.2) is 12.5 Å². The van der Waals surface area contributed by atoms with Crippen LogP contribution in [0, 0.1) is 5.21 Å². The van der Waals surface area contributed by atoms with Crippen molar-refractivity contribution in [2.24, 2.45) is 0 Å². The normalized spacial score (nSPS) is 25.3. The van der Waals surface area contributed by atoms with Gasteiger partial charge in [-0.25, -0.2) is 0 Å². The topological polar surface area (TPSA) is 49.4 Å². The van der Waals surface area contributed by atoms with E-state index in [1.807, 2.05) is 48.5 Å². The van der Waals surface area contributed by atoms with E-state index < -0.39 is 0 Å². The Labute approximate surface area is 161 Å². The molecule has 0 saturated carbocycles. The predicted molar refractivity (Wildman–Crippen MR) is 107 cm³/mol. The molecule has 0 bridgehead atoms. The van der Waals surface area contributed by atoms with E-state index in [0.717, 1.165) is 43.2 Å². The first-order valence-electron chi connectivity index (χ1n) is 9.87. The zero-order valence-corrected chi connectivity index (χ0v) is 16.0. The summed E-state index contributed by atoms with van der Waals surface area (Å²) in [7, 11) is 1.71. The second kappa shape index (κ2) is 9.27. The van der Waals surface area contributed by atoms with Gasteiger partial charge in [0, 0.05) is 18.4 Å². The van der Waals surface area contributed by atoms with Crippen molar-refractivity contribution in [3.05, 3.63) is 77.0 Å². The molecule has 0 unspecified atom stereocenters. The van der Waals surface area contributed by atoms with Gasteiger partial charge < -0.3 is 14.6 Å². The molecule has 2 aromatic carbocycles. The third-order valence-electron chi connectivity index (χ3n) is 5.50. The second-order valence-electron chi connectivity index (χ2n) is 7.65. The Kier molecular flexibility index (Phi) is 6.78. The van der Waals surface area contributed by atoms with E-state index in [4.69, 9.17) is 4.74 Å². The first kappa shape index (κ1) is 19.7. The van der Waals surface area contributed by atoms with Crippen molar-refractivity contribution >= 4 is 5.78 Å². The third-order valence-corrected chi connectivity index (χ3v) is 5.50. The van der Waals surface area contributed by atoms with E-state index in [2.05, 4.69) is 12.1 Å². The van der Waals surface area contributed by atoms with Crippen LogP contribution in [0.5, 0.6) is 0 Å². The summed E-state index contributed by atoms with van der Waals surface area (Å²) >= 11 is 0. The lowest BCUT2D eigenvalue weighted by Crippen LogP contribution is -2.53. The molecule has 1 fully saturated rings. The molecule has 144 valence electrons. The largest absolute Gasteiger partial charge is 0.631 e. The Morgan fingerprint density at radius 1 is 1.04 bits per heavy atom. The van der Waals surface area contributed by atoms with Crippen LogP contribution < -0.4 is 0 Å². The average molecular weight is 367 g/mol. The summed E-state index contributed by atoms with van der Waals surface area (Å²) in [5.74, 6) is 0.204. The number of carbonyl (C=O) groups excluding carboxylic acids is 1. The van der Waals surface area contributed by atoms with Gasteiger partial charge in [-0.3, -0.25) is 4.79 Å². The van der Waals surface area contributed by atoms with Crippen molar-refractivity contribution in [2.75, 3.05) is 13.8 Å². The van der Waals surface area contributed by atoms with Crippen LogP contribution in [0.3, 0.4) is 0 Å². The number of hydrogen-bond acceptors (Lipinski definition) is 3. The van der Waals surface area contributed by atoms with Gasteiger partial charge >= 0.3 is 0 Å². The molecule has 0 amide bonds. The number of ketones is 1. The van der Waals surface area contributed by atoms with Crippen LogP contribution in [0.4, 0.5) is 0 Å². The molecule has 27 heavy (non-hydrogen) atoms. The molecule has 4 heteroatoms. The van der Waals surface area contributed by atoms with Gasteiger partial charge in [0.05, 0.1) is 19.2 Å². The van der Waals surface area contributed by atoms with Crippen LogP contribution in [0.1, 0.15) is 60.6 Å². The maximum atomic E-state index is 12.7. The molecule has 4 nitrogen and oxygen atoms in total. The molecule has 1 saturated heterocycles. The predicted octanol–water partition coefficient (Wildman–Crippen LogP) is 5.25. The first-order chi connectivity index (χ1) is 13.1. The van der Waals surface area contributed by atoms with Crippen molar-refractivity contribution in [1.82, 2.24) is 0 Å². The fourth-order valence-electron chi connectivity index (χ4n) is 3.78. The van der Waals surface area contributed by atoms with E-state index >= 15 is 0 Å². The highest BCUT2D eigenvalue weighted by atomic mass is 16.6. The smallest absolute Gasteiger partial charge is 0.183 e. The molecule has 0 radical (unpaired) electrons. The summed E-state index contributed by atoms with van der Waals surface area (Å²) in [4.78, 5) is 12.1.